The fraction of sp³-hybridized carbons (Fsp3) is 0.308. The van der Waals surface area contributed by atoms with Gasteiger partial charge in [-0.3, -0.25) is 0 Å². The smallest absolute Gasteiger partial charge is 0.336 e. The van der Waals surface area contributed by atoms with E-state index < -0.39 is 5.97 Å². The van der Waals surface area contributed by atoms with Gasteiger partial charge in [-0.25, -0.2) is 4.79 Å². The van der Waals surface area contributed by atoms with Gasteiger partial charge in [-0.1, -0.05) is 18.2 Å². The van der Waals surface area contributed by atoms with Gasteiger partial charge in [0.2, 0.25) is 0 Å². The molecule has 0 saturated carbocycles. The summed E-state index contributed by atoms with van der Waals surface area (Å²) in [6.07, 6.45) is 3.13. The zero-order chi connectivity index (χ0) is 12.5. The summed E-state index contributed by atoms with van der Waals surface area (Å²) >= 11 is 0. The summed E-state index contributed by atoms with van der Waals surface area (Å²) in [6.45, 7) is 0.867. The third kappa shape index (κ3) is 1.68. The van der Waals surface area contributed by atoms with Crippen LogP contribution in [0.2, 0.25) is 0 Å². The molecule has 0 aliphatic carbocycles. The van der Waals surface area contributed by atoms with Gasteiger partial charge in [0.1, 0.15) is 5.82 Å². The molecule has 0 fully saturated rings. The average Bonchev–Trinajstić information content (AvgIpc) is 2.82. The number of aromatic nitrogens is 3. The minimum absolute atomic E-state index is 0.276. The number of aromatic carboxylic acids is 1. The Morgan fingerprint density at radius 3 is 2.89 bits per heavy atom. The number of carboxylic acids is 1. The molecule has 0 atom stereocenters. The van der Waals surface area contributed by atoms with Crippen LogP contribution in [0.4, 0.5) is 0 Å². The van der Waals surface area contributed by atoms with Crippen molar-refractivity contribution in [2.24, 2.45) is 0 Å². The number of benzene rings is 1. The van der Waals surface area contributed by atoms with Gasteiger partial charge in [-0.15, -0.1) is 10.2 Å². The highest BCUT2D eigenvalue weighted by Gasteiger charge is 2.20. The van der Waals surface area contributed by atoms with Crippen molar-refractivity contribution >= 4 is 5.97 Å². The van der Waals surface area contributed by atoms with Crippen molar-refractivity contribution < 1.29 is 9.90 Å². The van der Waals surface area contributed by atoms with Gasteiger partial charge < -0.3 is 9.67 Å². The standard InChI is InChI=1S/C13H13N3O2/c17-13(18)10-6-2-1-5-9(10)12-15-14-11-7-3-4-8-16(11)12/h1-2,5-6H,3-4,7-8H2,(H,17,18). The van der Waals surface area contributed by atoms with Crippen LogP contribution in [-0.4, -0.2) is 25.8 Å². The highest BCUT2D eigenvalue weighted by molar-refractivity contribution is 5.94. The van der Waals surface area contributed by atoms with E-state index in [1.165, 1.54) is 0 Å². The SMILES string of the molecule is O=C(O)c1ccccc1-c1nnc2n1CCCC2. The molecule has 5 heteroatoms. The molecule has 1 aromatic carbocycles. The summed E-state index contributed by atoms with van der Waals surface area (Å²) in [5.41, 5.74) is 0.920. The van der Waals surface area contributed by atoms with Crippen molar-refractivity contribution in [2.45, 2.75) is 25.8 Å². The zero-order valence-corrected chi connectivity index (χ0v) is 9.83. The lowest BCUT2D eigenvalue weighted by Crippen LogP contribution is -2.12. The summed E-state index contributed by atoms with van der Waals surface area (Å²) in [5.74, 6) is 0.693. The van der Waals surface area contributed by atoms with Crippen LogP contribution in [-0.2, 0) is 13.0 Å². The molecule has 1 aliphatic heterocycles. The van der Waals surface area contributed by atoms with Crippen LogP contribution >= 0.6 is 0 Å². The van der Waals surface area contributed by atoms with Crippen molar-refractivity contribution in [1.82, 2.24) is 14.8 Å². The molecular weight excluding hydrogens is 230 g/mol. The largest absolute Gasteiger partial charge is 0.478 e. The Morgan fingerprint density at radius 1 is 1.22 bits per heavy atom. The first-order valence-electron chi connectivity index (χ1n) is 6.02. The van der Waals surface area contributed by atoms with Crippen LogP contribution in [0.15, 0.2) is 24.3 Å². The number of hydrogen-bond donors (Lipinski definition) is 1. The van der Waals surface area contributed by atoms with E-state index >= 15 is 0 Å². The van der Waals surface area contributed by atoms with Gasteiger partial charge in [0, 0.05) is 18.5 Å². The normalized spacial score (nSPS) is 14.2. The van der Waals surface area contributed by atoms with E-state index in [-0.39, 0.29) is 5.56 Å². The highest BCUT2D eigenvalue weighted by atomic mass is 16.4. The van der Waals surface area contributed by atoms with E-state index in [4.69, 9.17) is 0 Å². The lowest BCUT2D eigenvalue weighted by atomic mass is 10.1. The maximum absolute atomic E-state index is 11.2. The summed E-state index contributed by atoms with van der Waals surface area (Å²) in [6, 6.07) is 6.93. The van der Waals surface area contributed by atoms with Gasteiger partial charge in [0.15, 0.2) is 5.82 Å². The van der Waals surface area contributed by atoms with Crippen LogP contribution in [0.25, 0.3) is 11.4 Å². The van der Waals surface area contributed by atoms with Crippen LogP contribution < -0.4 is 0 Å². The predicted molar refractivity (Wildman–Crippen MR) is 65.4 cm³/mol. The minimum Gasteiger partial charge on any atom is -0.478 e. The second-order valence-electron chi connectivity index (χ2n) is 4.40. The molecule has 0 amide bonds. The minimum atomic E-state index is -0.932. The molecule has 3 rings (SSSR count). The van der Waals surface area contributed by atoms with Crippen molar-refractivity contribution in [3.05, 3.63) is 35.7 Å². The lowest BCUT2D eigenvalue weighted by molar-refractivity contribution is 0.0697. The summed E-state index contributed by atoms with van der Waals surface area (Å²) < 4.78 is 2.03. The number of fused-ring (bicyclic) bond motifs is 1. The Morgan fingerprint density at radius 2 is 2.06 bits per heavy atom. The van der Waals surface area contributed by atoms with Gasteiger partial charge >= 0.3 is 5.97 Å². The molecule has 0 bridgehead atoms. The van der Waals surface area contributed by atoms with E-state index in [1.807, 2.05) is 10.6 Å². The third-order valence-corrected chi connectivity index (χ3v) is 3.26. The maximum Gasteiger partial charge on any atom is 0.336 e. The van der Waals surface area contributed by atoms with E-state index in [0.29, 0.717) is 11.4 Å². The van der Waals surface area contributed by atoms with Crippen LogP contribution in [0, 0.1) is 0 Å². The van der Waals surface area contributed by atoms with Crippen molar-refractivity contribution in [1.29, 1.82) is 0 Å². The van der Waals surface area contributed by atoms with E-state index in [1.54, 1.807) is 18.2 Å². The number of hydrogen-bond acceptors (Lipinski definition) is 3. The molecule has 2 heterocycles. The van der Waals surface area contributed by atoms with Crippen molar-refractivity contribution in [2.75, 3.05) is 0 Å². The Kier molecular flexibility index (Phi) is 2.59. The lowest BCUT2D eigenvalue weighted by Gasteiger charge is -2.15. The maximum atomic E-state index is 11.2. The molecule has 0 radical (unpaired) electrons. The fourth-order valence-corrected chi connectivity index (χ4v) is 2.37. The molecule has 18 heavy (non-hydrogen) atoms. The highest BCUT2D eigenvalue weighted by Crippen LogP contribution is 2.25. The topological polar surface area (TPSA) is 68.0 Å². The second-order valence-corrected chi connectivity index (χ2v) is 4.40. The molecule has 92 valence electrons. The van der Waals surface area contributed by atoms with Crippen molar-refractivity contribution in [3.8, 4) is 11.4 Å². The van der Waals surface area contributed by atoms with Crippen LogP contribution in [0.5, 0.6) is 0 Å². The van der Waals surface area contributed by atoms with Crippen LogP contribution in [0.1, 0.15) is 29.0 Å². The number of carbonyl (C=O) groups is 1. The third-order valence-electron chi connectivity index (χ3n) is 3.26. The first-order valence-corrected chi connectivity index (χ1v) is 6.02. The van der Waals surface area contributed by atoms with E-state index in [2.05, 4.69) is 10.2 Å². The van der Waals surface area contributed by atoms with E-state index in [0.717, 1.165) is 31.6 Å². The predicted octanol–water partition coefficient (Wildman–Crippen LogP) is 1.98. The van der Waals surface area contributed by atoms with Gasteiger partial charge in [-0.2, -0.15) is 0 Å². The zero-order valence-electron chi connectivity index (χ0n) is 9.83. The Bertz CT molecular complexity index is 604. The number of nitrogens with zero attached hydrogens (tertiary/aromatic N) is 3. The second kappa shape index (κ2) is 4.25. The fourth-order valence-electron chi connectivity index (χ4n) is 2.37. The van der Waals surface area contributed by atoms with Gasteiger partial charge in [-0.05, 0) is 18.9 Å². The van der Waals surface area contributed by atoms with Gasteiger partial charge in [0.25, 0.3) is 0 Å². The Hall–Kier alpha value is -2.17. The first-order chi connectivity index (χ1) is 8.77. The molecular formula is C13H13N3O2. The number of carboxylic acid groups (broad SMARTS) is 1. The van der Waals surface area contributed by atoms with Gasteiger partial charge in [0.05, 0.1) is 5.56 Å². The molecule has 1 aromatic heterocycles. The quantitative estimate of drug-likeness (QED) is 0.875. The summed E-state index contributed by atoms with van der Waals surface area (Å²) in [5, 5.41) is 17.5. The molecule has 0 saturated heterocycles. The first kappa shape index (κ1) is 11.0. The summed E-state index contributed by atoms with van der Waals surface area (Å²) in [7, 11) is 0. The average molecular weight is 243 g/mol. The number of aryl methyl sites for hydroxylation is 1. The van der Waals surface area contributed by atoms with Crippen LogP contribution in [0.3, 0.4) is 0 Å². The molecule has 0 spiro atoms. The monoisotopic (exact) mass is 243 g/mol. The molecule has 1 N–H and O–H groups in total. The van der Waals surface area contributed by atoms with Crippen molar-refractivity contribution in [3.63, 3.8) is 0 Å². The Labute approximate surface area is 104 Å². The molecule has 1 aliphatic rings. The Balaban J connectivity index is 2.15. The summed E-state index contributed by atoms with van der Waals surface area (Å²) in [4.78, 5) is 11.2. The molecule has 0 unspecified atom stereocenters. The number of rotatable bonds is 2. The molecule has 2 aromatic rings. The van der Waals surface area contributed by atoms with E-state index in [9.17, 15) is 9.90 Å². The molecule has 5 nitrogen and oxygen atoms in total.